The van der Waals surface area contributed by atoms with Crippen molar-refractivity contribution in [1.29, 1.82) is 0 Å². The summed E-state index contributed by atoms with van der Waals surface area (Å²) < 4.78 is 15.7. The second-order valence-electron chi connectivity index (χ2n) is 2.69. The van der Waals surface area contributed by atoms with Crippen molar-refractivity contribution in [3.8, 4) is 0 Å². The number of carboxylic acids is 1. The van der Waals surface area contributed by atoms with Crippen LogP contribution in [-0.4, -0.2) is 31.4 Å². The van der Waals surface area contributed by atoms with Crippen LogP contribution in [0, 0.1) is 0 Å². The van der Waals surface area contributed by atoms with Gasteiger partial charge in [0.05, 0.1) is 20.3 Å². The molecule has 0 aliphatic rings. The number of nitrogens with one attached hydrogen (secondary N) is 1. The molecule has 0 atom stereocenters. The van der Waals surface area contributed by atoms with Crippen molar-refractivity contribution in [1.82, 2.24) is 5.48 Å². The summed E-state index contributed by atoms with van der Waals surface area (Å²) in [5.41, 5.74) is 2.03. The van der Waals surface area contributed by atoms with Gasteiger partial charge in [-0.05, 0) is 20.8 Å². The number of carbonyl (C=O) groups is 1. The van der Waals surface area contributed by atoms with E-state index in [1.54, 1.807) is 13.8 Å². The molecule has 0 aliphatic heterocycles. The number of rotatable bonds is 9. The molecule has 0 spiro atoms. The van der Waals surface area contributed by atoms with Gasteiger partial charge in [-0.3, -0.25) is 10.3 Å². The average molecular weight is 267 g/mol. The SMILES string of the molecule is CCOP(OCC)OC(C)=C(NOC)C(=O)O. The molecule has 0 amide bonds. The van der Waals surface area contributed by atoms with E-state index in [1.165, 1.54) is 14.0 Å². The van der Waals surface area contributed by atoms with Crippen molar-refractivity contribution in [2.24, 2.45) is 0 Å². The molecule has 0 saturated carbocycles. The van der Waals surface area contributed by atoms with Gasteiger partial charge in [0.1, 0.15) is 5.76 Å². The molecule has 0 saturated heterocycles. The molecular weight excluding hydrogens is 249 g/mol. The molecule has 0 rings (SSSR count). The summed E-state index contributed by atoms with van der Waals surface area (Å²) in [6.07, 6.45) is 0. The van der Waals surface area contributed by atoms with E-state index < -0.39 is 14.6 Å². The van der Waals surface area contributed by atoms with Gasteiger partial charge in [-0.2, -0.15) is 0 Å². The van der Waals surface area contributed by atoms with Gasteiger partial charge in [0.2, 0.25) is 0 Å². The van der Waals surface area contributed by atoms with Gasteiger partial charge in [0.15, 0.2) is 5.70 Å². The number of hydrogen-bond acceptors (Lipinski definition) is 6. The molecule has 0 aliphatic carbocycles. The molecular formula is C9H18NO6P. The van der Waals surface area contributed by atoms with Crippen LogP contribution in [0.4, 0.5) is 0 Å². The Balaban J connectivity index is 4.65. The fourth-order valence-electron chi connectivity index (χ4n) is 0.826. The first-order valence-electron chi connectivity index (χ1n) is 5.03. The standard InChI is InChI=1S/C9H18NO6P/c1-5-14-17(15-6-2)16-7(3)8(9(11)12)10-13-4/h10H,5-6H2,1-4H3,(H,11,12). The van der Waals surface area contributed by atoms with Crippen molar-refractivity contribution in [3.05, 3.63) is 11.5 Å². The maximum absolute atomic E-state index is 10.9. The molecule has 7 nitrogen and oxygen atoms in total. The molecule has 0 fully saturated rings. The van der Waals surface area contributed by atoms with Gasteiger partial charge >= 0.3 is 14.6 Å². The maximum Gasteiger partial charge on any atom is 0.396 e. The normalized spacial score (nSPS) is 12.3. The lowest BCUT2D eigenvalue weighted by Gasteiger charge is -2.17. The summed E-state index contributed by atoms with van der Waals surface area (Å²) in [7, 11) is -0.275. The van der Waals surface area contributed by atoms with Crippen LogP contribution in [0.1, 0.15) is 20.8 Å². The highest BCUT2D eigenvalue weighted by Crippen LogP contribution is 2.42. The lowest BCUT2D eigenvalue weighted by atomic mass is 10.4. The summed E-state index contributed by atoms with van der Waals surface area (Å²) >= 11 is 0. The lowest BCUT2D eigenvalue weighted by Crippen LogP contribution is -2.21. The Morgan fingerprint density at radius 1 is 1.29 bits per heavy atom. The number of carboxylic acid groups (broad SMARTS) is 1. The highest BCUT2D eigenvalue weighted by molar-refractivity contribution is 7.41. The predicted octanol–water partition coefficient (Wildman–Crippen LogP) is 1.77. The Kier molecular flexibility index (Phi) is 8.71. The maximum atomic E-state index is 10.9. The van der Waals surface area contributed by atoms with E-state index in [0.717, 1.165) is 0 Å². The highest BCUT2D eigenvalue weighted by atomic mass is 31.2. The predicted molar refractivity (Wildman–Crippen MR) is 61.7 cm³/mol. The van der Waals surface area contributed by atoms with Crippen LogP contribution < -0.4 is 5.48 Å². The number of aliphatic carboxylic acids is 1. The number of hydrogen-bond donors (Lipinski definition) is 2. The number of allylic oxidation sites excluding steroid dienone is 1. The summed E-state index contributed by atoms with van der Waals surface area (Å²) in [6.45, 7) is 5.91. The Bertz CT molecular complexity index is 264. The van der Waals surface area contributed by atoms with E-state index >= 15 is 0 Å². The van der Waals surface area contributed by atoms with Gasteiger partial charge < -0.3 is 18.7 Å². The first kappa shape index (κ1) is 16.1. The largest absolute Gasteiger partial charge is 0.476 e. The van der Waals surface area contributed by atoms with Gasteiger partial charge in [-0.1, -0.05) is 0 Å². The molecule has 100 valence electrons. The molecule has 0 heterocycles. The smallest absolute Gasteiger partial charge is 0.396 e. The van der Waals surface area contributed by atoms with Crippen LogP contribution in [0.15, 0.2) is 11.5 Å². The van der Waals surface area contributed by atoms with E-state index in [1.807, 2.05) is 0 Å². The molecule has 0 aromatic heterocycles. The van der Waals surface area contributed by atoms with E-state index in [-0.39, 0.29) is 11.5 Å². The molecule has 0 unspecified atom stereocenters. The Morgan fingerprint density at radius 3 is 2.18 bits per heavy atom. The third-order valence-corrected chi connectivity index (χ3v) is 2.81. The molecule has 8 heteroatoms. The van der Waals surface area contributed by atoms with E-state index in [0.29, 0.717) is 13.2 Å². The Hall–Kier alpha value is -0.880. The average Bonchev–Trinajstić information content (AvgIpc) is 2.25. The van der Waals surface area contributed by atoms with Crippen molar-refractivity contribution in [2.45, 2.75) is 20.8 Å². The molecule has 0 aromatic rings. The zero-order chi connectivity index (χ0) is 13.3. The molecule has 17 heavy (non-hydrogen) atoms. The molecule has 2 N–H and O–H groups in total. The third-order valence-electron chi connectivity index (χ3n) is 1.45. The Morgan fingerprint density at radius 2 is 1.82 bits per heavy atom. The third kappa shape index (κ3) is 6.43. The van der Waals surface area contributed by atoms with E-state index in [9.17, 15) is 4.79 Å². The van der Waals surface area contributed by atoms with Gasteiger partial charge in [-0.25, -0.2) is 4.79 Å². The fraction of sp³-hybridized carbons (Fsp3) is 0.667. The summed E-state index contributed by atoms with van der Waals surface area (Å²) in [4.78, 5) is 15.4. The van der Waals surface area contributed by atoms with Crippen molar-refractivity contribution >= 4 is 14.6 Å². The zero-order valence-electron chi connectivity index (χ0n) is 10.3. The van der Waals surface area contributed by atoms with Crippen LogP contribution in [-0.2, 0) is 23.2 Å². The van der Waals surface area contributed by atoms with Crippen LogP contribution in [0.25, 0.3) is 0 Å². The fourth-order valence-corrected chi connectivity index (χ4v) is 1.74. The van der Waals surface area contributed by atoms with Crippen LogP contribution in [0.3, 0.4) is 0 Å². The second kappa shape index (κ2) is 9.18. The van der Waals surface area contributed by atoms with Crippen molar-refractivity contribution in [2.75, 3.05) is 20.3 Å². The summed E-state index contributed by atoms with van der Waals surface area (Å²) in [5, 5.41) is 8.89. The van der Waals surface area contributed by atoms with Gasteiger partial charge in [0.25, 0.3) is 0 Å². The van der Waals surface area contributed by atoms with Crippen LogP contribution in [0.5, 0.6) is 0 Å². The summed E-state index contributed by atoms with van der Waals surface area (Å²) in [5.74, 6) is -1.06. The molecule has 0 aromatic carbocycles. The first-order chi connectivity index (χ1) is 8.06. The minimum Gasteiger partial charge on any atom is -0.476 e. The summed E-state index contributed by atoms with van der Waals surface area (Å²) in [6, 6.07) is 0. The second-order valence-corrected chi connectivity index (χ2v) is 3.84. The topological polar surface area (TPSA) is 86.3 Å². The van der Waals surface area contributed by atoms with E-state index in [2.05, 4.69) is 10.3 Å². The van der Waals surface area contributed by atoms with Crippen molar-refractivity contribution in [3.63, 3.8) is 0 Å². The van der Waals surface area contributed by atoms with Crippen LogP contribution in [0.2, 0.25) is 0 Å². The number of hydroxylamine groups is 1. The Labute approximate surface area is 102 Å². The van der Waals surface area contributed by atoms with E-state index in [4.69, 9.17) is 18.7 Å². The van der Waals surface area contributed by atoms with Gasteiger partial charge in [-0.15, -0.1) is 0 Å². The quantitative estimate of drug-likeness (QED) is 0.285. The zero-order valence-corrected chi connectivity index (χ0v) is 11.2. The monoisotopic (exact) mass is 267 g/mol. The highest BCUT2D eigenvalue weighted by Gasteiger charge is 2.19. The minimum absolute atomic E-state index is 0.132. The molecule has 0 radical (unpaired) electrons. The van der Waals surface area contributed by atoms with Crippen molar-refractivity contribution < 1.29 is 28.3 Å². The first-order valence-corrected chi connectivity index (χ1v) is 6.13. The lowest BCUT2D eigenvalue weighted by molar-refractivity contribution is -0.134. The minimum atomic E-state index is -1.58. The molecule has 0 bridgehead atoms. The van der Waals surface area contributed by atoms with Crippen LogP contribution >= 0.6 is 8.60 Å². The van der Waals surface area contributed by atoms with Gasteiger partial charge in [0, 0.05) is 0 Å².